The van der Waals surface area contributed by atoms with Crippen LogP contribution in [0.4, 0.5) is 5.69 Å². The number of hydrogen-bond acceptors (Lipinski definition) is 6. The van der Waals surface area contributed by atoms with Gasteiger partial charge in [0.1, 0.15) is 0 Å². The quantitative estimate of drug-likeness (QED) is 0.159. The topological polar surface area (TPSA) is 128 Å². The number of carbonyl (C=O) groups excluding carboxylic acids is 2. The Hall–Kier alpha value is -4.51. The highest BCUT2D eigenvalue weighted by molar-refractivity contribution is 7.92. The Bertz CT molecular complexity index is 1700. The van der Waals surface area contributed by atoms with E-state index in [2.05, 4.69) is 16.0 Å². The van der Waals surface area contributed by atoms with E-state index in [0.717, 1.165) is 27.3 Å². The monoisotopic (exact) mass is 642 g/mol. The first-order valence-electron chi connectivity index (χ1n) is 15.2. The van der Waals surface area contributed by atoms with Crippen LogP contribution < -0.4 is 20.3 Å². The zero-order chi connectivity index (χ0) is 33.3. The Balaban J connectivity index is 1.60. The molecular formula is C36H42N4O5S. The number of carbonyl (C=O) groups is 2. The summed E-state index contributed by atoms with van der Waals surface area (Å²) < 4.78 is 25.9. The van der Waals surface area contributed by atoms with Crippen LogP contribution in [0.1, 0.15) is 63.3 Å². The predicted molar refractivity (Wildman–Crippen MR) is 182 cm³/mol. The van der Waals surface area contributed by atoms with Crippen molar-refractivity contribution in [1.82, 2.24) is 16.0 Å². The van der Waals surface area contributed by atoms with Gasteiger partial charge in [-0.25, -0.2) is 8.42 Å². The number of aliphatic hydroxyl groups excluding tert-OH is 1. The number of aliphatic hydroxyl groups is 1. The molecule has 4 rings (SSSR count). The largest absolute Gasteiger partial charge is 0.390 e. The van der Waals surface area contributed by atoms with Crippen LogP contribution in [0.5, 0.6) is 0 Å². The molecule has 0 bridgehead atoms. The molecule has 4 unspecified atom stereocenters. The normalized spacial score (nSPS) is 14.0. The van der Waals surface area contributed by atoms with Crippen molar-refractivity contribution in [2.45, 2.75) is 44.5 Å². The fourth-order valence-electron chi connectivity index (χ4n) is 5.05. The first kappa shape index (κ1) is 34.4. The van der Waals surface area contributed by atoms with Gasteiger partial charge in [-0.3, -0.25) is 13.9 Å². The van der Waals surface area contributed by atoms with Crippen molar-refractivity contribution in [3.05, 3.63) is 137 Å². The molecule has 4 atom stereocenters. The standard InChI is InChI=1S/C36H42N4O5S/c1-25(28-16-10-6-11-17-28)37-24-34(41)33(20-27-14-8-5-9-15-27)39-36(43)31-21-30(22-32(23-31)40(3)46(4,44)45)35(42)38-26(2)29-18-12-7-13-19-29/h5-19,21-23,25-26,33-34,37,41H,20,24H2,1-4H3,(H,38,42)(H,39,43). The van der Waals surface area contributed by atoms with Crippen molar-refractivity contribution < 1.29 is 23.1 Å². The number of nitrogens with one attached hydrogen (secondary N) is 3. The minimum absolute atomic E-state index is 0.0357. The zero-order valence-corrected chi connectivity index (χ0v) is 27.4. The van der Waals surface area contributed by atoms with Crippen molar-refractivity contribution in [3.63, 3.8) is 0 Å². The summed E-state index contributed by atoms with van der Waals surface area (Å²) >= 11 is 0. The van der Waals surface area contributed by atoms with Crippen molar-refractivity contribution in [2.24, 2.45) is 0 Å². The molecule has 0 aliphatic rings. The molecule has 0 aromatic heterocycles. The number of amides is 2. The van der Waals surface area contributed by atoms with Gasteiger partial charge in [-0.15, -0.1) is 0 Å². The molecule has 4 N–H and O–H groups in total. The molecule has 0 saturated carbocycles. The highest BCUT2D eigenvalue weighted by atomic mass is 32.2. The Labute approximate surface area is 271 Å². The van der Waals surface area contributed by atoms with Gasteiger partial charge in [0.25, 0.3) is 11.8 Å². The van der Waals surface area contributed by atoms with E-state index in [4.69, 9.17) is 0 Å². The summed E-state index contributed by atoms with van der Waals surface area (Å²) in [5.41, 5.74) is 3.25. The maximum absolute atomic E-state index is 13.8. The second kappa shape index (κ2) is 15.7. The lowest BCUT2D eigenvalue weighted by atomic mass is 9.99. The number of sulfonamides is 1. The fourth-order valence-corrected chi connectivity index (χ4v) is 5.54. The minimum Gasteiger partial charge on any atom is -0.390 e. The molecule has 242 valence electrons. The molecule has 4 aromatic carbocycles. The van der Waals surface area contributed by atoms with Crippen LogP contribution >= 0.6 is 0 Å². The summed E-state index contributed by atoms with van der Waals surface area (Å²) in [5, 5.41) is 20.6. The Morgan fingerprint density at radius 3 is 1.74 bits per heavy atom. The Morgan fingerprint density at radius 1 is 0.739 bits per heavy atom. The first-order valence-corrected chi connectivity index (χ1v) is 17.0. The van der Waals surface area contributed by atoms with Crippen LogP contribution in [0, 0.1) is 0 Å². The SMILES string of the molecule is CC(NCC(O)C(Cc1ccccc1)NC(=O)c1cc(C(=O)NC(C)c2ccccc2)cc(N(C)S(C)(=O)=O)c1)c1ccccc1. The number of nitrogens with zero attached hydrogens (tertiary/aromatic N) is 1. The Kier molecular flexibility index (Phi) is 11.7. The lowest BCUT2D eigenvalue weighted by molar-refractivity contribution is 0.0825. The summed E-state index contributed by atoms with van der Waals surface area (Å²) in [4.78, 5) is 27.2. The molecule has 9 nitrogen and oxygen atoms in total. The maximum atomic E-state index is 13.8. The van der Waals surface area contributed by atoms with Gasteiger partial charge in [0.2, 0.25) is 10.0 Å². The molecule has 0 fully saturated rings. The summed E-state index contributed by atoms with van der Waals surface area (Å²) in [5.74, 6) is -1.01. The Morgan fingerprint density at radius 2 is 1.22 bits per heavy atom. The summed E-state index contributed by atoms with van der Waals surface area (Å²) in [6.07, 6.45) is 0.429. The molecule has 0 spiro atoms. The average Bonchev–Trinajstić information content (AvgIpc) is 3.06. The maximum Gasteiger partial charge on any atom is 0.251 e. The average molecular weight is 643 g/mol. The fraction of sp³-hybridized carbons (Fsp3) is 0.278. The highest BCUT2D eigenvalue weighted by Gasteiger charge is 2.25. The van der Waals surface area contributed by atoms with Gasteiger partial charge in [0, 0.05) is 30.8 Å². The lowest BCUT2D eigenvalue weighted by Crippen LogP contribution is -2.49. The van der Waals surface area contributed by atoms with E-state index in [9.17, 15) is 23.1 Å². The van der Waals surface area contributed by atoms with E-state index in [1.54, 1.807) is 0 Å². The number of rotatable bonds is 14. The molecule has 0 aliphatic carbocycles. The zero-order valence-electron chi connectivity index (χ0n) is 26.6. The van der Waals surface area contributed by atoms with Crippen LogP contribution in [0.2, 0.25) is 0 Å². The van der Waals surface area contributed by atoms with Crippen molar-refractivity contribution >= 4 is 27.5 Å². The molecular weight excluding hydrogens is 600 g/mol. The van der Waals surface area contributed by atoms with Gasteiger partial charge in [0.15, 0.2) is 0 Å². The second-order valence-corrected chi connectivity index (χ2v) is 13.5. The van der Waals surface area contributed by atoms with Gasteiger partial charge >= 0.3 is 0 Å². The van der Waals surface area contributed by atoms with E-state index < -0.39 is 34.0 Å². The molecule has 0 saturated heterocycles. The molecule has 2 amide bonds. The van der Waals surface area contributed by atoms with Crippen LogP contribution in [-0.2, 0) is 16.4 Å². The molecule has 0 radical (unpaired) electrons. The molecule has 46 heavy (non-hydrogen) atoms. The van der Waals surface area contributed by atoms with Crippen molar-refractivity contribution in [1.29, 1.82) is 0 Å². The van der Waals surface area contributed by atoms with E-state index in [0.29, 0.717) is 6.42 Å². The second-order valence-electron chi connectivity index (χ2n) is 11.5. The first-order chi connectivity index (χ1) is 21.9. The van der Waals surface area contributed by atoms with Gasteiger partial charge in [-0.05, 0) is 55.2 Å². The lowest BCUT2D eigenvalue weighted by Gasteiger charge is -2.27. The van der Waals surface area contributed by atoms with Gasteiger partial charge in [0.05, 0.1) is 30.1 Å². The third-order valence-corrected chi connectivity index (χ3v) is 9.17. The number of hydrogen-bond donors (Lipinski definition) is 4. The van der Waals surface area contributed by atoms with Gasteiger partial charge in [-0.2, -0.15) is 0 Å². The smallest absolute Gasteiger partial charge is 0.251 e. The van der Waals surface area contributed by atoms with E-state index in [1.807, 2.05) is 105 Å². The third-order valence-electron chi connectivity index (χ3n) is 7.96. The molecule has 10 heteroatoms. The third kappa shape index (κ3) is 9.50. The van der Waals surface area contributed by atoms with Crippen molar-refractivity contribution in [2.75, 3.05) is 24.2 Å². The van der Waals surface area contributed by atoms with Crippen LogP contribution in [-0.4, -0.2) is 57.3 Å². The van der Waals surface area contributed by atoms with Crippen LogP contribution in [0.25, 0.3) is 0 Å². The molecule has 0 heterocycles. The van der Waals surface area contributed by atoms with Crippen LogP contribution in [0.15, 0.2) is 109 Å². The van der Waals surface area contributed by atoms with E-state index in [-0.39, 0.29) is 35.4 Å². The molecule has 0 aliphatic heterocycles. The highest BCUT2D eigenvalue weighted by Crippen LogP contribution is 2.22. The number of anilines is 1. The van der Waals surface area contributed by atoms with E-state index >= 15 is 0 Å². The van der Waals surface area contributed by atoms with E-state index in [1.165, 1.54) is 25.2 Å². The molecule has 4 aromatic rings. The minimum atomic E-state index is -3.70. The van der Waals surface area contributed by atoms with Crippen molar-refractivity contribution in [3.8, 4) is 0 Å². The summed E-state index contributed by atoms with van der Waals surface area (Å²) in [6.45, 7) is 4.05. The number of benzene rings is 4. The van der Waals surface area contributed by atoms with Crippen LogP contribution in [0.3, 0.4) is 0 Å². The predicted octanol–water partition coefficient (Wildman–Crippen LogP) is 4.63. The van der Waals surface area contributed by atoms with Gasteiger partial charge < -0.3 is 21.1 Å². The summed E-state index contributed by atoms with van der Waals surface area (Å²) in [7, 11) is -2.34. The summed E-state index contributed by atoms with van der Waals surface area (Å²) in [6, 6.07) is 32.0. The van der Waals surface area contributed by atoms with Gasteiger partial charge in [-0.1, -0.05) is 91.0 Å².